The van der Waals surface area contributed by atoms with Crippen LogP contribution < -0.4 is 0 Å². The van der Waals surface area contributed by atoms with Gasteiger partial charge in [0.05, 0.1) is 26.4 Å². The van der Waals surface area contributed by atoms with E-state index in [-0.39, 0.29) is 5.97 Å². The lowest BCUT2D eigenvalue weighted by Crippen LogP contribution is -2.28. The summed E-state index contributed by atoms with van der Waals surface area (Å²) in [6, 6.07) is 19.8. The first kappa shape index (κ1) is 18.2. The van der Waals surface area contributed by atoms with E-state index in [2.05, 4.69) is 0 Å². The van der Waals surface area contributed by atoms with Crippen LogP contribution in [0.3, 0.4) is 0 Å². The molecule has 0 fully saturated rings. The minimum absolute atomic E-state index is 0.244. The summed E-state index contributed by atoms with van der Waals surface area (Å²) in [4.78, 5) is 11.6. The molecule has 0 heterocycles. The Bertz CT molecular complexity index is 538. The van der Waals surface area contributed by atoms with Gasteiger partial charge in [-0.1, -0.05) is 67.6 Å². The molecule has 0 radical (unpaired) electrons. The Labute approximate surface area is 143 Å². The molecule has 0 aliphatic carbocycles. The van der Waals surface area contributed by atoms with E-state index >= 15 is 0 Å². The van der Waals surface area contributed by atoms with E-state index < -0.39 is 6.10 Å². The van der Waals surface area contributed by atoms with E-state index in [4.69, 9.17) is 14.2 Å². The summed E-state index contributed by atoms with van der Waals surface area (Å²) < 4.78 is 16.7. The summed E-state index contributed by atoms with van der Waals surface area (Å²) in [7, 11) is 0. The SMILES string of the molecule is CCC(=O)OC(COCc1ccccc1)COCc1ccccc1. The Balaban J connectivity index is 1.76. The molecular weight excluding hydrogens is 304 g/mol. The maximum atomic E-state index is 11.6. The molecule has 0 unspecified atom stereocenters. The Morgan fingerprint density at radius 3 is 1.71 bits per heavy atom. The second kappa shape index (κ2) is 10.6. The number of ether oxygens (including phenoxy) is 3. The van der Waals surface area contributed by atoms with E-state index in [0.717, 1.165) is 11.1 Å². The summed E-state index contributed by atoms with van der Waals surface area (Å²) in [6.07, 6.45) is -0.0571. The van der Waals surface area contributed by atoms with Crippen molar-refractivity contribution in [1.29, 1.82) is 0 Å². The largest absolute Gasteiger partial charge is 0.457 e. The molecule has 4 nitrogen and oxygen atoms in total. The molecule has 0 aromatic heterocycles. The lowest BCUT2D eigenvalue weighted by atomic mass is 10.2. The fourth-order valence-corrected chi connectivity index (χ4v) is 2.15. The maximum Gasteiger partial charge on any atom is 0.305 e. The van der Waals surface area contributed by atoms with Crippen molar-refractivity contribution in [1.82, 2.24) is 0 Å². The Hall–Kier alpha value is -2.17. The van der Waals surface area contributed by atoms with Crippen molar-refractivity contribution in [3.63, 3.8) is 0 Å². The summed E-state index contributed by atoms with van der Waals surface area (Å²) in [5.74, 6) is -0.244. The van der Waals surface area contributed by atoms with Gasteiger partial charge >= 0.3 is 5.97 Å². The zero-order chi connectivity index (χ0) is 17.0. The average Bonchev–Trinajstić information content (AvgIpc) is 2.63. The highest BCUT2D eigenvalue weighted by atomic mass is 16.6. The molecular formula is C20H24O4. The highest BCUT2D eigenvalue weighted by Crippen LogP contribution is 2.06. The van der Waals surface area contributed by atoms with Crippen molar-refractivity contribution < 1.29 is 19.0 Å². The lowest BCUT2D eigenvalue weighted by molar-refractivity contribution is -0.156. The predicted octanol–water partition coefficient (Wildman–Crippen LogP) is 3.74. The van der Waals surface area contributed by atoms with Crippen LogP contribution >= 0.6 is 0 Å². The number of carbonyl (C=O) groups excluding carboxylic acids is 1. The maximum absolute atomic E-state index is 11.6. The smallest absolute Gasteiger partial charge is 0.305 e. The van der Waals surface area contributed by atoms with Gasteiger partial charge in [-0.15, -0.1) is 0 Å². The zero-order valence-electron chi connectivity index (χ0n) is 14.0. The van der Waals surface area contributed by atoms with Crippen molar-refractivity contribution in [3.8, 4) is 0 Å². The van der Waals surface area contributed by atoms with E-state index in [9.17, 15) is 4.79 Å². The third-order valence-corrected chi connectivity index (χ3v) is 3.42. The molecule has 0 atom stereocenters. The molecule has 24 heavy (non-hydrogen) atoms. The van der Waals surface area contributed by atoms with Crippen LogP contribution in [0.1, 0.15) is 24.5 Å². The summed E-state index contributed by atoms with van der Waals surface area (Å²) in [5, 5.41) is 0. The van der Waals surface area contributed by atoms with Crippen molar-refractivity contribution in [2.45, 2.75) is 32.7 Å². The van der Waals surface area contributed by atoms with Gasteiger partial charge in [0.15, 0.2) is 0 Å². The second-order valence-corrected chi connectivity index (χ2v) is 5.47. The molecule has 2 aromatic carbocycles. The highest BCUT2D eigenvalue weighted by molar-refractivity contribution is 5.69. The van der Waals surface area contributed by atoms with Crippen molar-refractivity contribution in [2.75, 3.05) is 13.2 Å². The van der Waals surface area contributed by atoms with E-state index in [0.29, 0.717) is 32.8 Å². The number of esters is 1. The van der Waals surface area contributed by atoms with Gasteiger partial charge in [-0.05, 0) is 11.1 Å². The van der Waals surface area contributed by atoms with Gasteiger partial charge < -0.3 is 14.2 Å². The first-order valence-corrected chi connectivity index (χ1v) is 8.20. The van der Waals surface area contributed by atoms with Gasteiger partial charge in [0.1, 0.15) is 6.10 Å². The van der Waals surface area contributed by atoms with Crippen LogP contribution in [-0.2, 0) is 32.2 Å². The normalized spacial score (nSPS) is 10.8. The number of rotatable bonds is 10. The molecule has 0 aliphatic rings. The predicted molar refractivity (Wildman–Crippen MR) is 92.4 cm³/mol. The van der Waals surface area contributed by atoms with E-state index in [1.54, 1.807) is 6.92 Å². The standard InChI is InChI=1S/C20H24O4/c1-2-20(21)24-19(15-22-13-17-9-5-3-6-10-17)16-23-14-18-11-7-4-8-12-18/h3-12,19H,2,13-16H2,1H3. The Morgan fingerprint density at radius 2 is 1.29 bits per heavy atom. The molecule has 2 rings (SSSR count). The topological polar surface area (TPSA) is 44.8 Å². The van der Waals surface area contributed by atoms with Gasteiger partial charge in [-0.25, -0.2) is 0 Å². The van der Waals surface area contributed by atoms with Gasteiger partial charge in [-0.3, -0.25) is 4.79 Å². The second-order valence-electron chi connectivity index (χ2n) is 5.47. The van der Waals surface area contributed by atoms with Gasteiger partial charge in [0.25, 0.3) is 0 Å². The molecule has 0 amide bonds. The van der Waals surface area contributed by atoms with Crippen LogP contribution in [0.5, 0.6) is 0 Å². The fourth-order valence-electron chi connectivity index (χ4n) is 2.15. The average molecular weight is 328 g/mol. The van der Waals surface area contributed by atoms with Gasteiger partial charge in [0.2, 0.25) is 0 Å². The third-order valence-electron chi connectivity index (χ3n) is 3.42. The quantitative estimate of drug-likeness (QED) is 0.623. The number of carbonyl (C=O) groups is 1. The van der Waals surface area contributed by atoms with Crippen LogP contribution in [0.15, 0.2) is 60.7 Å². The number of hydrogen-bond acceptors (Lipinski definition) is 4. The summed E-state index contributed by atoms with van der Waals surface area (Å²) in [6.45, 7) is 3.37. The molecule has 0 N–H and O–H groups in total. The van der Waals surface area contributed by atoms with Crippen LogP contribution in [-0.4, -0.2) is 25.3 Å². The van der Waals surface area contributed by atoms with E-state index in [1.165, 1.54) is 0 Å². The van der Waals surface area contributed by atoms with Crippen LogP contribution in [0, 0.1) is 0 Å². The zero-order valence-corrected chi connectivity index (χ0v) is 14.0. The Morgan fingerprint density at radius 1 is 0.833 bits per heavy atom. The highest BCUT2D eigenvalue weighted by Gasteiger charge is 2.14. The van der Waals surface area contributed by atoms with Crippen LogP contribution in [0.25, 0.3) is 0 Å². The number of hydrogen-bond donors (Lipinski definition) is 0. The Kier molecular flexibility index (Phi) is 8.01. The molecule has 4 heteroatoms. The molecule has 128 valence electrons. The summed E-state index contributed by atoms with van der Waals surface area (Å²) >= 11 is 0. The van der Waals surface area contributed by atoms with E-state index in [1.807, 2.05) is 60.7 Å². The monoisotopic (exact) mass is 328 g/mol. The minimum Gasteiger partial charge on any atom is -0.457 e. The van der Waals surface area contributed by atoms with Crippen LogP contribution in [0.4, 0.5) is 0 Å². The molecule has 2 aromatic rings. The fraction of sp³-hybridized carbons (Fsp3) is 0.350. The lowest BCUT2D eigenvalue weighted by Gasteiger charge is -2.18. The van der Waals surface area contributed by atoms with Crippen molar-refractivity contribution in [2.24, 2.45) is 0 Å². The molecule has 0 aliphatic heterocycles. The van der Waals surface area contributed by atoms with Crippen molar-refractivity contribution in [3.05, 3.63) is 71.8 Å². The molecule has 0 saturated heterocycles. The third kappa shape index (κ3) is 6.94. The van der Waals surface area contributed by atoms with Crippen LogP contribution in [0.2, 0.25) is 0 Å². The minimum atomic E-state index is -0.398. The van der Waals surface area contributed by atoms with Crippen molar-refractivity contribution >= 4 is 5.97 Å². The first-order chi connectivity index (χ1) is 11.8. The van der Waals surface area contributed by atoms with Gasteiger partial charge in [0, 0.05) is 6.42 Å². The summed E-state index contributed by atoms with van der Waals surface area (Å²) in [5.41, 5.74) is 2.17. The van der Waals surface area contributed by atoms with Gasteiger partial charge in [-0.2, -0.15) is 0 Å². The molecule has 0 bridgehead atoms. The molecule has 0 spiro atoms. The number of benzene rings is 2. The first-order valence-electron chi connectivity index (χ1n) is 8.20. The molecule has 0 saturated carbocycles.